The molecule has 0 saturated heterocycles. The summed E-state index contributed by atoms with van der Waals surface area (Å²) in [6.45, 7) is -12.6. The van der Waals surface area contributed by atoms with E-state index in [0.717, 1.165) is 0 Å². The topological polar surface area (TPSA) is 151 Å². The van der Waals surface area contributed by atoms with E-state index in [1.807, 2.05) is 0 Å². The van der Waals surface area contributed by atoms with E-state index in [9.17, 15) is 8.42 Å². The molecule has 0 amide bonds. The number of hydrogen-bond donors (Lipinski definition) is 0. The Morgan fingerprint density at radius 1 is 0.680 bits per heavy atom. The van der Waals surface area contributed by atoms with E-state index in [1.165, 1.54) is 36.4 Å². The van der Waals surface area contributed by atoms with Gasteiger partial charge in [-0.2, -0.15) is 0 Å². The van der Waals surface area contributed by atoms with Crippen LogP contribution >= 0.6 is 0 Å². The number of imidazole rings is 2. The molecular weight excluding hydrogens is 700 g/mol. The number of fused-ring (bicyclic) bond motifs is 2. The van der Waals surface area contributed by atoms with Crippen LogP contribution in [0.25, 0.3) is 22.1 Å². The van der Waals surface area contributed by atoms with Crippen LogP contribution in [-0.2, 0) is 33.1 Å². The molecule has 252 valence electrons. The minimum absolute atomic E-state index is 0. The Balaban J connectivity index is 0.000000390. The minimum atomic E-state index is -3.27. The standard InChI is InChI=1S/2C17H18N3O3S.Mg.Na/c2*1-10-8-18-15(11(2)16(10)23-4)9-24(21)17-19-13-6-5-12(22-3)7-14(13)20-17;;/h2*5-8H,9H2,1-4H3;;/q2*-1;+2;+1/t2*24-;;/m10../s1/i2*1D3,2D3,3D3,4D3,8D;;. The zero-order chi connectivity index (χ0) is 56.3. The van der Waals surface area contributed by atoms with Crippen molar-refractivity contribution in [3.8, 4) is 23.0 Å². The maximum absolute atomic E-state index is 13.1. The smallest absolute Gasteiger partial charge is 0.497 e. The van der Waals surface area contributed by atoms with Gasteiger partial charge >= 0.3 is 52.6 Å². The molecule has 0 fully saturated rings. The number of hydrogen-bond acceptors (Lipinski definition) is 10. The predicted molar refractivity (Wildman–Crippen MR) is 190 cm³/mol. The Morgan fingerprint density at radius 3 is 1.50 bits per heavy atom. The Morgan fingerprint density at radius 2 is 1.12 bits per heavy atom. The van der Waals surface area contributed by atoms with E-state index in [-0.39, 0.29) is 96.5 Å². The second kappa shape index (κ2) is 18.4. The Hall–Kier alpha value is -3.05. The van der Waals surface area contributed by atoms with Crippen LogP contribution in [0.3, 0.4) is 0 Å². The van der Waals surface area contributed by atoms with Gasteiger partial charge in [0.05, 0.1) is 91.8 Å². The van der Waals surface area contributed by atoms with Crippen LogP contribution in [0.15, 0.2) is 59.1 Å². The first-order valence-corrected chi connectivity index (χ1v) is 15.5. The van der Waals surface area contributed by atoms with E-state index in [0.29, 0.717) is 0 Å². The van der Waals surface area contributed by atoms with Crippen LogP contribution in [0.4, 0.5) is 0 Å². The van der Waals surface area contributed by atoms with Gasteiger partial charge in [-0.15, -0.1) is 0 Å². The number of benzene rings is 2. The van der Waals surface area contributed by atoms with Gasteiger partial charge in [0.2, 0.25) is 0 Å². The fourth-order valence-corrected chi connectivity index (χ4v) is 5.90. The van der Waals surface area contributed by atoms with E-state index in [1.54, 1.807) is 0 Å². The molecule has 2 atom stereocenters. The molecule has 12 nitrogen and oxygen atoms in total. The van der Waals surface area contributed by atoms with Crippen LogP contribution < -0.4 is 58.5 Å². The first kappa shape index (κ1) is 17.6. The summed E-state index contributed by atoms with van der Waals surface area (Å²) < 4.78 is 242. The van der Waals surface area contributed by atoms with Crippen molar-refractivity contribution < 1.29 is 92.6 Å². The van der Waals surface area contributed by atoms with Crippen molar-refractivity contribution >= 4 is 66.7 Å². The van der Waals surface area contributed by atoms with Gasteiger partial charge in [-0.3, -0.25) is 18.4 Å². The molecule has 6 aromatic rings. The molecule has 0 spiro atoms. The average molecular weight is 762 g/mol. The van der Waals surface area contributed by atoms with Crippen molar-refractivity contribution in [3.63, 3.8) is 0 Å². The minimum Gasteiger partial charge on any atom is -0.497 e. The maximum Gasteiger partial charge on any atom is 2.00 e. The Labute approximate surface area is 370 Å². The summed E-state index contributed by atoms with van der Waals surface area (Å²) in [5.41, 5.74) is -4.29. The first-order valence-electron chi connectivity index (χ1n) is 25.8. The molecule has 0 aliphatic heterocycles. The number of ether oxygens (including phenoxy) is 4. The summed E-state index contributed by atoms with van der Waals surface area (Å²) in [6, 6.07) is 7.84. The molecule has 6 rings (SSSR count). The first-order chi connectivity index (χ1) is 33.3. The zero-order valence-electron chi connectivity index (χ0n) is 51.5. The zero-order valence-corrected chi connectivity index (χ0v) is 30.6. The molecule has 50 heavy (non-hydrogen) atoms. The van der Waals surface area contributed by atoms with E-state index in [2.05, 4.69) is 29.9 Å². The second-order valence-electron chi connectivity index (χ2n) is 9.20. The molecule has 16 heteroatoms. The van der Waals surface area contributed by atoms with Gasteiger partial charge in [0, 0.05) is 61.4 Å². The molecule has 0 N–H and O–H groups in total. The number of pyridine rings is 2. The Bertz CT molecular complexity index is 2910. The SMILES string of the molecule is [2H]c1nc(C[S@@](=O)c2nc3cc(OC([2H])([2H])[2H])ccc3[n-]2)c(C([2H])([2H])[2H])c(OC([2H])([2H])[2H])c1C([2H])([2H])[2H].[2H]c1nc(C[S@](=O)c2nc3cc(OC([2H])([2H])[2H])ccc3[n-]2)c(C([2H])([2H])[2H])c(OC([2H])([2H])[2H])c1C([2H])([2H])[2H].[Mg+2].[Na+]. The summed E-state index contributed by atoms with van der Waals surface area (Å²) in [5, 5.41) is -0.604. The summed E-state index contributed by atoms with van der Waals surface area (Å²) in [6.07, 6.45) is -1.95. The molecular formula is C34H36MgN6NaO6S2+. The largest absolute Gasteiger partial charge is 2.00 e. The molecule has 4 aromatic heterocycles. The van der Waals surface area contributed by atoms with Gasteiger partial charge in [0.25, 0.3) is 0 Å². The van der Waals surface area contributed by atoms with Crippen molar-refractivity contribution in [1.82, 2.24) is 29.9 Å². The molecule has 0 radical (unpaired) electrons. The summed E-state index contributed by atoms with van der Waals surface area (Å²) in [7, 11) is -16.4. The molecule has 0 bridgehead atoms. The Kier molecular flexibility index (Phi) is 6.51. The fourth-order valence-electron chi connectivity index (χ4n) is 3.93. The molecule has 0 unspecified atom stereocenters. The van der Waals surface area contributed by atoms with Crippen LogP contribution in [0.1, 0.15) is 69.3 Å². The molecule has 0 saturated carbocycles. The van der Waals surface area contributed by atoms with Crippen LogP contribution in [0.2, 0.25) is 0 Å². The number of rotatable bonds is 10. The van der Waals surface area contributed by atoms with E-state index in [4.69, 9.17) is 54.6 Å². The third kappa shape index (κ3) is 9.24. The number of methoxy groups -OCH3 is 4. The predicted octanol–water partition coefficient (Wildman–Crippen LogP) is 1.68. The average Bonchev–Trinajstić information content (AvgIpc) is 3.77. The molecule has 2 aromatic carbocycles. The summed E-state index contributed by atoms with van der Waals surface area (Å²) in [4.78, 5) is 23.7. The quantitative estimate of drug-likeness (QED) is 0.187. The third-order valence-corrected chi connectivity index (χ3v) is 8.48. The van der Waals surface area contributed by atoms with Gasteiger partial charge in [-0.25, -0.2) is 0 Å². The van der Waals surface area contributed by atoms with Gasteiger partial charge in [-0.1, -0.05) is 12.1 Å². The van der Waals surface area contributed by atoms with Crippen molar-refractivity contribution in [3.05, 3.63) is 82.4 Å². The van der Waals surface area contributed by atoms with Crippen molar-refractivity contribution in [1.29, 1.82) is 0 Å². The van der Waals surface area contributed by atoms with Crippen LogP contribution in [-0.4, -0.2) is 79.6 Å². The van der Waals surface area contributed by atoms with E-state index < -0.39 is 146 Å². The van der Waals surface area contributed by atoms with Gasteiger partial charge in [0.15, 0.2) is 0 Å². The molecule has 0 aliphatic rings. The van der Waals surface area contributed by atoms with Crippen LogP contribution in [0, 0.1) is 27.4 Å². The third-order valence-electron chi connectivity index (χ3n) is 6.23. The van der Waals surface area contributed by atoms with E-state index >= 15 is 0 Å². The van der Waals surface area contributed by atoms with Gasteiger partial charge in [0.1, 0.15) is 23.0 Å². The summed E-state index contributed by atoms with van der Waals surface area (Å²) in [5.74, 6) is -3.72. The van der Waals surface area contributed by atoms with Crippen molar-refractivity contribution in [2.24, 2.45) is 0 Å². The van der Waals surface area contributed by atoms with Crippen molar-refractivity contribution in [2.45, 2.75) is 49.2 Å². The monoisotopic (exact) mass is 761 g/mol. The van der Waals surface area contributed by atoms with Gasteiger partial charge < -0.3 is 38.9 Å². The van der Waals surface area contributed by atoms with Crippen molar-refractivity contribution in [2.75, 3.05) is 28.2 Å². The maximum atomic E-state index is 13.1. The number of nitrogens with zero attached hydrogens (tertiary/aromatic N) is 6. The normalized spacial score (nSPS) is 21.5. The molecule has 4 heterocycles. The number of aromatic nitrogens is 6. The van der Waals surface area contributed by atoms with Crippen LogP contribution in [0.5, 0.6) is 23.0 Å². The molecule has 0 aliphatic carbocycles. The summed E-state index contributed by atoms with van der Waals surface area (Å²) >= 11 is 0. The fraction of sp³-hybridized carbons (Fsp3) is 0.294. The second-order valence-corrected chi connectivity index (χ2v) is 11.9. The van der Waals surface area contributed by atoms with Gasteiger partial charge in [-0.05, 0) is 73.7 Å².